The van der Waals surface area contributed by atoms with E-state index < -0.39 is 12.0 Å². The lowest BCUT2D eigenvalue weighted by Gasteiger charge is -2.35. The molecule has 1 fully saturated rings. The lowest BCUT2D eigenvalue weighted by Crippen LogP contribution is -2.46. The Hall–Kier alpha value is -1.14. The molecule has 0 saturated heterocycles. The maximum atomic E-state index is 11.8. The van der Waals surface area contributed by atoms with Gasteiger partial charge in [0.2, 0.25) is 5.91 Å². The topological polar surface area (TPSA) is 104 Å². The predicted molar refractivity (Wildman–Crippen MR) is 61.2 cm³/mol. The number of aliphatic carboxylic acids is 1. The zero-order chi connectivity index (χ0) is 13.0. The molecule has 0 heterocycles. The van der Waals surface area contributed by atoms with E-state index in [0.29, 0.717) is 12.5 Å². The Bertz CT molecular complexity index is 289. The molecule has 1 atom stereocenters. The van der Waals surface area contributed by atoms with Crippen LogP contribution in [0, 0.1) is 5.92 Å². The Morgan fingerprint density at radius 2 is 2.06 bits per heavy atom. The Labute approximate surface area is 100 Å². The van der Waals surface area contributed by atoms with Crippen molar-refractivity contribution in [3.05, 3.63) is 0 Å². The van der Waals surface area contributed by atoms with E-state index in [9.17, 15) is 9.59 Å². The van der Waals surface area contributed by atoms with Gasteiger partial charge in [-0.15, -0.1) is 0 Å². The number of hydrogen-bond donors (Lipinski definition) is 3. The number of nitrogens with zero attached hydrogens (tertiary/aromatic N) is 1. The summed E-state index contributed by atoms with van der Waals surface area (Å²) in [5.41, 5.74) is 5.62. The number of rotatable bonds is 6. The average molecular weight is 244 g/mol. The molecule has 6 nitrogen and oxygen atoms in total. The quantitative estimate of drug-likeness (QED) is 0.579. The number of carbonyl (C=O) groups is 2. The van der Waals surface area contributed by atoms with E-state index in [1.165, 1.54) is 4.90 Å². The van der Waals surface area contributed by atoms with Crippen molar-refractivity contribution in [3.63, 3.8) is 0 Å². The second-order valence-corrected chi connectivity index (χ2v) is 4.75. The normalized spacial score (nSPS) is 24.9. The molecule has 1 unspecified atom stereocenters. The first-order valence-electron chi connectivity index (χ1n) is 5.80. The van der Waals surface area contributed by atoms with Crippen LogP contribution in [0.1, 0.15) is 25.7 Å². The number of aliphatic hydroxyl groups excluding tert-OH is 1. The Balaban J connectivity index is 2.27. The zero-order valence-corrected chi connectivity index (χ0v) is 10.0. The molecular weight excluding hydrogens is 224 g/mol. The maximum Gasteiger partial charge on any atom is 0.303 e. The molecule has 0 aliphatic heterocycles. The fourth-order valence-corrected chi connectivity index (χ4v) is 2.01. The minimum Gasteiger partial charge on any atom is -0.481 e. The molecule has 0 aromatic carbocycles. The summed E-state index contributed by atoms with van der Waals surface area (Å²) in [4.78, 5) is 23.6. The van der Waals surface area contributed by atoms with Gasteiger partial charge in [0.1, 0.15) is 0 Å². The molecular formula is C11H20N2O4. The summed E-state index contributed by atoms with van der Waals surface area (Å²) in [6.07, 6.45) is 1.28. The summed E-state index contributed by atoms with van der Waals surface area (Å²) in [6.45, 7) is 0.580. The third-order valence-corrected chi connectivity index (χ3v) is 3.11. The van der Waals surface area contributed by atoms with Crippen LogP contribution >= 0.6 is 0 Å². The van der Waals surface area contributed by atoms with Crippen LogP contribution in [0.5, 0.6) is 0 Å². The van der Waals surface area contributed by atoms with Gasteiger partial charge in [-0.3, -0.25) is 9.59 Å². The molecule has 4 N–H and O–H groups in total. The highest BCUT2D eigenvalue weighted by Gasteiger charge is 2.30. The highest BCUT2D eigenvalue weighted by Crippen LogP contribution is 2.27. The molecule has 0 aromatic rings. The van der Waals surface area contributed by atoms with Crippen LogP contribution in [0.4, 0.5) is 0 Å². The fraction of sp³-hybridized carbons (Fsp3) is 0.818. The van der Waals surface area contributed by atoms with Gasteiger partial charge in [-0.2, -0.15) is 0 Å². The lowest BCUT2D eigenvalue weighted by molar-refractivity contribution is -0.137. The number of amides is 1. The van der Waals surface area contributed by atoms with Gasteiger partial charge in [-0.05, 0) is 25.2 Å². The molecule has 1 aliphatic rings. The molecule has 0 aromatic heterocycles. The summed E-state index contributed by atoms with van der Waals surface area (Å²) in [5.74, 6) is -0.837. The summed E-state index contributed by atoms with van der Waals surface area (Å²) in [7, 11) is 1.66. The van der Waals surface area contributed by atoms with E-state index >= 15 is 0 Å². The third kappa shape index (κ3) is 4.32. The molecule has 1 rings (SSSR count). The van der Waals surface area contributed by atoms with E-state index in [2.05, 4.69) is 0 Å². The van der Waals surface area contributed by atoms with Crippen molar-refractivity contribution in [3.8, 4) is 0 Å². The van der Waals surface area contributed by atoms with Gasteiger partial charge in [0, 0.05) is 20.0 Å². The highest BCUT2D eigenvalue weighted by molar-refractivity contribution is 5.82. The molecule has 0 bridgehead atoms. The van der Waals surface area contributed by atoms with Crippen molar-refractivity contribution in [1.82, 2.24) is 4.90 Å². The Kier molecular flexibility index (Phi) is 4.89. The number of carboxylic acid groups (broad SMARTS) is 1. The zero-order valence-electron chi connectivity index (χ0n) is 10.0. The van der Waals surface area contributed by atoms with E-state index in [-0.39, 0.29) is 24.9 Å². The van der Waals surface area contributed by atoms with Crippen molar-refractivity contribution < 1.29 is 19.8 Å². The number of likely N-dealkylation sites (N-methyl/N-ethyl adjacent to an activating group) is 1. The van der Waals surface area contributed by atoms with Gasteiger partial charge in [0.05, 0.1) is 12.1 Å². The lowest BCUT2D eigenvalue weighted by atomic mass is 9.82. The number of nitrogens with two attached hydrogens (primary N) is 1. The monoisotopic (exact) mass is 244 g/mol. The highest BCUT2D eigenvalue weighted by atomic mass is 16.4. The minimum atomic E-state index is -0.946. The summed E-state index contributed by atoms with van der Waals surface area (Å²) in [5, 5.41) is 17.6. The Morgan fingerprint density at radius 1 is 1.47 bits per heavy atom. The number of hydrogen-bond acceptors (Lipinski definition) is 4. The third-order valence-electron chi connectivity index (χ3n) is 3.11. The van der Waals surface area contributed by atoms with Crippen LogP contribution in [0.25, 0.3) is 0 Å². The number of carboxylic acids is 1. The van der Waals surface area contributed by atoms with Gasteiger partial charge in [0.15, 0.2) is 0 Å². The molecule has 6 heteroatoms. The SMILES string of the molecule is CN(CC1CC(O)C1)C(=O)C(N)CCC(=O)O. The molecule has 0 spiro atoms. The van der Waals surface area contributed by atoms with E-state index in [4.69, 9.17) is 15.9 Å². The molecule has 17 heavy (non-hydrogen) atoms. The van der Waals surface area contributed by atoms with Crippen LogP contribution < -0.4 is 5.73 Å². The second kappa shape index (κ2) is 5.97. The van der Waals surface area contributed by atoms with Crippen molar-refractivity contribution >= 4 is 11.9 Å². The van der Waals surface area contributed by atoms with E-state index in [0.717, 1.165) is 12.8 Å². The van der Waals surface area contributed by atoms with Crippen LogP contribution in [0.15, 0.2) is 0 Å². The molecule has 1 amide bonds. The standard InChI is InChI=1S/C11H20N2O4/c1-13(6-7-4-8(14)5-7)11(17)9(12)2-3-10(15)16/h7-9,14H,2-6,12H2,1H3,(H,15,16). The first kappa shape index (κ1) is 13.9. The Morgan fingerprint density at radius 3 is 2.53 bits per heavy atom. The van der Waals surface area contributed by atoms with Crippen LogP contribution in [-0.2, 0) is 9.59 Å². The number of aliphatic hydroxyl groups is 1. The van der Waals surface area contributed by atoms with Gasteiger partial charge < -0.3 is 20.8 Å². The van der Waals surface area contributed by atoms with Gasteiger partial charge in [-0.25, -0.2) is 0 Å². The molecule has 0 radical (unpaired) electrons. The molecule has 98 valence electrons. The largest absolute Gasteiger partial charge is 0.481 e. The van der Waals surface area contributed by atoms with Crippen LogP contribution in [0.2, 0.25) is 0 Å². The van der Waals surface area contributed by atoms with Gasteiger partial charge in [-0.1, -0.05) is 0 Å². The molecule has 1 aliphatic carbocycles. The van der Waals surface area contributed by atoms with Crippen LogP contribution in [0.3, 0.4) is 0 Å². The summed E-state index contributed by atoms with van der Waals surface area (Å²) < 4.78 is 0. The van der Waals surface area contributed by atoms with E-state index in [1.54, 1.807) is 7.05 Å². The van der Waals surface area contributed by atoms with Crippen molar-refractivity contribution in [2.75, 3.05) is 13.6 Å². The first-order valence-corrected chi connectivity index (χ1v) is 5.80. The average Bonchev–Trinajstić information content (AvgIpc) is 2.22. The fourth-order valence-electron chi connectivity index (χ4n) is 2.01. The van der Waals surface area contributed by atoms with Crippen LogP contribution in [-0.4, -0.2) is 52.7 Å². The summed E-state index contributed by atoms with van der Waals surface area (Å²) in [6, 6.07) is -0.749. The van der Waals surface area contributed by atoms with Crippen molar-refractivity contribution in [1.29, 1.82) is 0 Å². The predicted octanol–water partition coefficient (Wildman–Crippen LogP) is -0.592. The smallest absolute Gasteiger partial charge is 0.303 e. The maximum absolute atomic E-state index is 11.8. The van der Waals surface area contributed by atoms with Crippen molar-refractivity contribution in [2.45, 2.75) is 37.8 Å². The van der Waals surface area contributed by atoms with Gasteiger partial charge in [0.25, 0.3) is 0 Å². The first-order chi connectivity index (χ1) is 7.90. The van der Waals surface area contributed by atoms with Crippen molar-refractivity contribution in [2.24, 2.45) is 11.7 Å². The summed E-state index contributed by atoms with van der Waals surface area (Å²) >= 11 is 0. The number of carbonyl (C=O) groups excluding carboxylic acids is 1. The minimum absolute atomic E-state index is 0.0944. The second-order valence-electron chi connectivity index (χ2n) is 4.75. The van der Waals surface area contributed by atoms with Gasteiger partial charge >= 0.3 is 5.97 Å². The molecule has 1 saturated carbocycles. The van der Waals surface area contributed by atoms with E-state index in [1.807, 2.05) is 0 Å².